The fourth-order valence-corrected chi connectivity index (χ4v) is 0.448. The molecule has 2 atom stereocenters. The molecule has 0 saturated heterocycles. The highest BCUT2D eigenvalue weighted by Gasteiger charge is 2.25. The molecule has 0 aliphatic rings. The molecule has 0 heterocycles. The minimum Gasteiger partial charge on any atom is -0.481 e. The maximum atomic E-state index is 12.4. The number of alkyl halides is 1. The number of carboxylic acid groups (broad SMARTS) is 2. The fraction of sp³-hybridized carbons (Fsp3) is 0.600. The van der Waals surface area contributed by atoms with Crippen molar-refractivity contribution in [3.63, 3.8) is 0 Å². The van der Waals surface area contributed by atoms with Crippen LogP contribution in [-0.2, 0) is 9.59 Å². The van der Waals surface area contributed by atoms with Crippen LogP contribution in [0.15, 0.2) is 0 Å². The first-order valence-corrected chi connectivity index (χ1v) is 2.79. The summed E-state index contributed by atoms with van der Waals surface area (Å²) in [6.45, 7) is 0. The lowest BCUT2D eigenvalue weighted by Crippen LogP contribution is -2.40. The Bertz CT molecular complexity index is 172. The van der Waals surface area contributed by atoms with Gasteiger partial charge in [-0.2, -0.15) is 0 Å². The number of carboxylic acids is 2. The van der Waals surface area contributed by atoms with E-state index in [1.165, 1.54) is 0 Å². The van der Waals surface area contributed by atoms with Gasteiger partial charge in [0.1, 0.15) is 12.2 Å². The van der Waals surface area contributed by atoms with Gasteiger partial charge < -0.3 is 15.9 Å². The number of hydrogen-bond donors (Lipinski definition) is 3. The van der Waals surface area contributed by atoms with Crippen molar-refractivity contribution in [3.05, 3.63) is 0 Å². The van der Waals surface area contributed by atoms with E-state index in [0.29, 0.717) is 0 Å². The summed E-state index contributed by atoms with van der Waals surface area (Å²) in [4.78, 5) is 19.8. The average molecular weight is 165 g/mol. The predicted octanol–water partition coefficient (Wildman–Crippen LogP) is -0.789. The Hall–Kier alpha value is -1.17. The number of halogens is 1. The molecule has 0 aromatic carbocycles. The molecule has 0 rings (SSSR count). The Kier molecular flexibility index (Phi) is 3.46. The third-order valence-corrected chi connectivity index (χ3v) is 1.04. The minimum atomic E-state index is -2.04. The molecule has 11 heavy (non-hydrogen) atoms. The van der Waals surface area contributed by atoms with Gasteiger partial charge in [-0.05, 0) is 0 Å². The fourth-order valence-electron chi connectivity index (χ4n) is 0.448. The lowest BCUT2D eigenvalue weighted by molar-refractivity contribution is -0.142. The van der Waals surface area contributed by atoms with Crippen LogP contribution in [0.25, 0.3) is 0 Å². The van der Waals surface area contributed by atoms with Gasteiger partial charge in [0.05, 0.1) is 6.42 Å². The van der Waals surface area contributed by atoms with Crippen LogP contribution < -0.4 is 5.73 Å². The molecule has 0 bridgehead atoms. The third-order valence-electron chi connectivity index (χ3n) is 1.04. The summed E-state index contributed by atoms with van der Waals surface area (Å²) in [6.07, 6.45) is -2.92. The summed E-state index contributed by atoms with van der Waals surface area (Å²) in [5.41, 5.74) is 4.77. The van der Waals surface area contributed by atoms with Crippen molar-refractivity contribution >= 4 is 11.9 Å². The highest BCUT2D eigenvalue weighted by molar-refractivity contribution is 5.76. The maximum absolute atomic E-state index is 12.4. The highest BCUT2D eigenvalue weighted by Crippen LogP contribution is 2.02. The van der Waals surface area contributed by atoms with Gasteiger partial charge in [-0.15, -0.1) is 0 Å². The second kappa shape index (κ2) is 3.87. The zero-order chi connectivity index (χ0) is 9.02. The van der Waals surface area contributed by atoms with E-state index in [2.05, 4.69) is 0 Å². The topological polar surface area (TPSA) is 101 Å². The van der Waals surface area contributed by atoms with Crippen LogP contribution in [0.5, 0.6) is 0 Å². The zero-order valence-corrected chi connectivity index (χ0v) is 5.53. The van der Waals surface area contributed by atoms with Crippen molar-refractivity contribution in [3.8, 4) is 0 Å². The molecule has 0 unspecified atom stereocenters. The molecular formula is C5H8FNO4. The van der Waals surface area contributed by atoms with Crippen LogP contribution >= 0.6 is 0 Å². The Balaban J connectivity index is 3.92. The first-order valence-electron chi connectivity index (χ1n) is 2.79. The van der Waals surface area contributed by atoms with Crippen LogP contribution in [0.2, 0.25) is 0 Å². The molecule has 6 heteroatoms. The van der Waals surface area contributed by atoms with Crippen molar-refractivity contribution in [2.24, 2.45) is 5.73 Å². The van der Waals surface area contributed by atoms with Crippen molar-refractivity contribution in [1.29, 1.82) is 0 Å². The molecule has 0 amide bonds. The Morgan fingerprint density at radius 1 is 1.45 bits per heavy atom. The summed E-state index contributed by atoms with van der Waals surface area (Å²) in [5.74, 6) is -2.95. The largest absolute Gasteiger partial charge is 0.481 e. The van der Waals surface area contributed by atoms with E-state index in [-0.39, 0.29) is 0 Å². The van der Waals surface area contributed by atoms with Gasteiger partial charge in [0.2, 0.25) is 0 Å². The van der Waals surface area contributed by atoms with Crippen molar-refractivity contribution < 1.29 is 24.2 Å². The first kappa shape index (κ1) is 9.83. The second-order valence-electron chi connectivity index (χ2n) is 1.98. The quantitative estimate of drug-likeness (QED) is 0.506. The number of nitrogens with two attached hydrogens (primary N) is 1. The van der Waals surface area contributed by atoms with E-state index >= 15 is 0 Å². The van der Waals surface area contributed by atoms with Crippen LogP contribution in [0.4, 0.5) is 4.39 Å². The van der Waals surface area contributed by atoms with Gasteiger partial charge in [0.15, 0.2) is 0 Å². The van der Waals surface area contributed by atoms with E-state index in [9.17, 15) is 14.0 Å². The lowest BCUT2D eigenvalue weighted by Gasteiger charge is -2.08. The van der Waals surface area contributed by atoms with Crippen molar-refractivity contribution in [2.75, 3.05) is 0 Å². The molecular weight excluding hydrogens is 157 g/mol. The number of aliphatic carboxylic acids is 2. The van der Waals surface area contributed by atoms with Gasteiger partial charge in [-0.25, -0.2) is 4.39 Å². The van der Waals surface area contributed by atoms with Crippen molar-refractivity contribution in [2.45, 2.75) is 18.6 Å². The highest BCUT2D eigenvalue weighted by atomic mass is 19.1. The molecule has 0 aliphatic carbocycles. The number of carbonyl (C=O) groups is 2. The Labute approximate surface area is 61.6 Å². The van der Waals surface area contributed by atoms with Gasteiger partial charge in [0.25, 0.3) is 0 Å². The van der Waals surface area contributed by atoms with E-state index in [1.807, 2.05) is 0 Å². The Morgan fingerprint density at radius 2 is 1.91 bits per heavy atom. The number of hydrogen-bond acceptors (Lipinski definition) is 3. The van der Waals surface area contributed by atoms with Gasteiger partial charge in [0, 0.05) is 0 Å². The van der Waals surface area contributed by atoms with Crippen LogP contribution in [0.3, 0.4) is 0 Å². The summed E-state index contributed by atoms with van der Waals surface area (Å²) in [6, 6.07) is -1.76. The normalized spacial score (nSPS) is 15.5. The van der Waals surface area contributed by atoms with Gasteiger partial charge in [-0.3, -0.25) is 9.59 Å². The monoisotopic (exact) mass is 165 g/mol. The average Bonchev–Trinajstić information content (AvgIpc) is 1.84. The molecule has 0 fully saturated rings. The predicted molar refractivity (Wildman–Crippen MR) is 32.8 cm³/mol. The summed E-state index contributed by atoms with van der Waals surface area (Å²) in [5, 5.41) is 16.1. The molecule has 0 aromatic heterocycles. The molecule has 64 valence electrons. The standard InChI is InChI=1S/C5H8FNO4/c6-2(1-3(8)9)4(7)5(10)11/h2,4H,1,7H2,(H,8,9)(H,10,11)/t2-,4-/m0/s1. The number of rotatable bonds is 4. The Morgan fingerprint density at radius 3 is 2.18 bits per heavy atom. The molecule has 0 spiro atoms. The molecule has 4 N–H and O–H groups in total. The maximum Gasteiger partial charge on any atom is 0.323 e. The van der Waals surface area contributed by atoms with Crippen LogP contribution in [0, 0.1) is 0 Å². The van der Waals surface area contributed by atoms with E-state index in [1.54, 1.807) is 0 Å². The summed E-state index contributed by atoms with van der Waals surface area (Å²) in [7, 11) is 0. The van der Waals surface area contributed by atoms with E-state index in [0.717, 1.165) is 0 Å². The smallest absolute Gasteiger partial charge is 0.323 e. The van der Waals surface area contributed by atoms with Crippen molar-refractivity contribution in [1.82, 2.24) is 0 Å². The van der Waals surface area contributed by atoms with Gasteiger partial charge in [-0.1, -0.05) is 0 Å². The molecule has 0 aromatic rings. The molecule has 0 aliphatic heterocycles. The SMILES string of the molecule is N[C@H](C(=O)O)[C@@H](F)CC(=O)O. The summed E-state index contributed by atoms with van der Waals surface area (Å²) >= 11 is 0. The third kappa shape index (κ3) is 3.51. The van der Waals surface area contributed by atoms with Gasteiger partial charge >= 0.3 is 11.9 Å². The lowest BCUT2D eigenvalue weighted by atomic mass is 10.1. The molecule has 0 radical (unpaired) electrons. The first-order chi connectivity index (χ1) is 4.95. The summed E-state index contributed by atoms with van der Waals surface area (Å²) < 4.78 is 12.4. The van der Waals surface area contributed by atoms with Crippen LogP contribution in [-0.4, -0.2) is 34.4 Å². The van der Waals surface area contributed by atoms with E-state index in [4.69, 9.17) is 15.9 Å². The molecule has 0 saturated carbocycles. The minimum absolute atomic E-state index is 0.881. The van der Waals surface area contributed by atoms with Crippen LogP contribution in [0.1, 0.15) is 6.42 Å². The second-order valence-corrected chi connectivity index (χ2v) is 1.98. The van der Waals surface area contributed by atoms with E-state index < -0.39 is 30.6 Å². The zero-order valence-electron chi connectivity index (χ0n) is 5.53. The molecule has 5 nitrogen and oxygen atoms in total.